The van der Waals surface area contributed by atoms with Crippen LogP contribution >= 0.6 is 0 Å². The fraction of sp³-hybridized carbons (Fsp3) is 0.500. The second kappa shape index (κ2) is 5.62. The predicted molar refractivity (Wildman–Crippen MR) is 74.6 cm³/mol. The molecule has 1 aromatic carbocycles. The van der Waals surface area contributed by atoms with Crippen molar-refractivity contribution in [3.05, 3.63) is 35.1 Å². The van der Waals surface area contributed by atoms with Crippen molar-refractivity contribution in [2.75, 3.05) is 0 Å². The van der Waals surface area contributed by atoms with Crippen molar-refractivity contribution in [1.82, 2.24) is 5.32 Å². The number of halogens is 1. The predicted octanol–water partition coefficient (Wildman–Crippen LogP) is 3.34. The second-order valence-corrected chi connectivity index (χ2v) is 5.85. The van der Waals surface area contributed by atoms with Crippen molar-refractivity contribution >= 4 is 5.91 Å². The van der Waals surface area contributed by atoms with E-state index in [1.807, 2.05) is 0 Å². The van der Waals surface area contributed by atoms with E-state index in [-0.39, 0.29) is 11.5 Å². The third-order valence-corrected chi connectivity index (χ3v) is 4.00. The Labute approximate surface area is 118 Å². The molecule has 1 N–H and O–H groups in total. The smallest absolute Gasteiger partial charge is 0.252 e. The van der Waals surface area contributed by atoms with Crippen molar-refractivity contribution in [2.45, 2.75) is 45.1 Å². The van der Waals surface area contributed by atoms with Crippen LogP contribution in [0.4, 0.5) is 4.39 Å². The summed E-state index contributed by atoms with van der Waals surface area (Å²) >= 11 is 0. The number of carbonyl (C=O) groups excluding carboxylic acids is 1. The van der Waals surface area contributed by atoms with E-state index in [1.54, 1.807) is 13.0 Å². The minimum Gasteiger partial charge on any atom is -0.334 e. The largest absolute Gasteiger partial charge is 0.334 e. The van der Waals surface area contributed by atoms with Crippen molar-refractivity contribution in [3.63, 3.8) is 0 Å². The maximum absolute atomic E-state index is 13.4. The number of benzene rings is 1. The first-order chi connectivity index (χ1) is 9.44. The van der Waals surface area contributed by atoms with Gasteiger partial charge in [-0.3, -0.25) is 4.79 Å². The molecule has 1 amide bonds. The van der Waals surface area contributed by atoms with Gasteiger partial charge in [0.1, 0.15) is 11.4 Å². The summed E-state index contributed by atoms with van der Waals surface area (Å²) < 4.78 is 13.4. The Morgan fingerprint density at radius 2 is 2.05 bits per heavy atom. The van der Waals surface area contributed by atoms with E-state index in [9.17, 15) is 14.4 Å². The lowest BCUT2D eigenvalue weighted by molar-refractivity contribution is 0.0893. The van der Waals surface area contributed by atoms with Gasteiger partial charge in [0.15, 0.2) is 0 Å². The summed E-state index contributed by atoms with van der Waals surface area (Å²) in [6.45, 7) is 3.89. The highest BCUT2D eigenvalue weighted by atomic mass is 19.1. The molecule has 1 saturated carbocycles. The van der Waals surface area contributed by atoms with Gasteiger partial charge in [0.25, 0.3) is 5.91 Å². The number of amides is 1. The number of carbonyl (C=O) groups is 1. The SMILES string of the molecule is Cc1cc(F)cc(C(=O)NC2(C#N)CCC(C)CC2)c1. The zero-order valence-electron chi connectivity index (χ0n) is 11.9. The standard InChI is InChI=1S/C16H19FN2O/c1-11-3-5-16(10-18,6-4-11)19-15(20)13-7-12(2)8-14(17)9-13/h7-9,11H,3-6H2,1-2H3,(H,19,20). The van der Waals surface area contributed by atoms with Gasteiger partial charge in [0.05, 0.1) is 6.07 Å². The van der Waals surface area contributed by atoms with Crippen LogP contribution in [0.2, 0.25) is 0 Å². The Morgan fingerprint density at radius 3 is 2.60 bits per heavy atom. The topological polar surface area (TPSA) is 52.9 Å². The van der Waals surface area contributed by atoms with Crippen LogP contribution in [0.1, 0.15) is 48.5 Å². The molecule has 1 aromatic rings. The van der Waals surface area contributed by atoms with Gasteiger partial charge < -0.3 is 5.32 Å². The Hall–Kier alpha value is -1.89. The van der Waals surface area contributed by atoms with Gasteiger partial charge in [0, 0.05) is 5.56 Å². The molecule has 2 rings (SSSR count). The number of hydrogen-bond donors (Lipinski definition) is 1. The van der Waals surface area contributed by atoms with Gasteiger partial charge in [-0.05, 0) is 62.3 Å². The Kier molecular flexibility index (Phi) is 4.08. The molecule has 0 saturated heterocycles. The number of nitriles is 1. The van der Waals surface area contributed by atoms with Gasteiger partial charge in [-0.1, -0.05) is 6.92 Å². The van der Waals surface area contributed by atoms with E-state index in [0.29, 0.717) is 24.3 Å². The first-order valence-corrected chi connectivity index (χ1v) is 6.95. The van der Waals surface area contributed by atoms with E-state index in [2.05, 4.69) is 18.3 Å². The second-order valence-electron chi connectivity index (χ2n) is 5.85. The molecular formula is C16H19FN2O. The molecule has 106 valence electrons. The van der Waals surface area contributed by atoms with Gasteiger partial charge in [-0.25, -0.2) is 4.39 Å². The van der Waals surface area contributed by atoms with E-state index in [0.717, 1.165) is 12.8 Å². The third-order valence-electron chi connectivity index (χ3n) is 4.00. The lowest BCUT2D eigenvalue weighted by Gasteiger charge is -2.34. The maximum atomic E-state index is 13.4. The monoisotopic (exact) mass is 274 g/mol. The highest BCUT2D eigenvalue weighted by molar-refractivity contribution is 5.95. The molecule has 1 aliphatic rings. The van der Waals surface area contributed by atoms with E-state index < -0.39 is 11.4 Å². The van der Waals surface area contributed by atoms with Crippen molar-refractivity contribution in [2.24, 2.45) is 5.92 Å². The third kappa shape index (κ3) is 3.16. The molecule has 0 spiro atoms. The molecule has 1 aliphatic carbocycles. The van der Waals surface area contributed by atoms with E-state index >= 15 is 0 Å². The first kappa shape index (κ1) is 14.5. The lowest BCUT2D eigenvalue weighted by atomic mass is 9.78. The first-order valence-electron chi connectivity index (χ1n) is 6.95. The molecule has 1 fully saturated rings. The zero-order chi connectivity index (χ0) is 14.8. The normalized spacial score (nSPS) is 25.8. The molecule has 0 radical (unpaired) electrons. The number of aryl methyl sites for hydroxylation is 1. The van der Waals surface area contributed by atoms with Crippen LogP contribution in [0, 0.1) is 30.0 Å². The molecular weight excluding hydrogens is 255 g/mol. The summed E-state index contributed by atoms with van der Waals surface area (Å²) in [6, 6.07) is 6.46. The summed E-state index contributed by atoms with van der Waals surface area (Å²) in [5, 5.41) is 12.2. The van der Waals surface area contributed by atoms with E-state index in [4.69, 9.17) is 0 Å². The van der Waals surface area contributed by atoms with E-state index in [1.165, 1.54) is 12.1 Å². The average molecular weight is 274 g/mol. The summed E-state index contributed by atoms with van der Waals surface area (Å²) in [7, 11) is 0. The van der Waals surface area contributed by atoms with Crippen LogP contribution in [0.5, 0.6) is 0 Å². The summed E-state index contributed by atoms with van der Waals surface area (Å²) in [5.41, 5.74) is 0.165. The minimum atomic E-state index is -0.802. The van der Waals surface area contributed by atoms with Crippen molar-refractivity contribution < 1.29 is 9.18 Å². The molecule has 0 unspecified atom stereocenters. The summed E-state index contributed by atoms with van der Waals surface area (Å²) in [4.78, 5) is 12.2. The van der Waals surface area contributed by atoms with Gasteiger partial charge in [0.2, 0.25) is 0 Å². The summed E-state index contributed by atoms with van der Waals surface area (Å²) in [5.74, 6) is -0.216. The van der Waals surface area contributed by atoms with Gasteiger partial charge in [-0.15, -0.1) is 0 Å². The van der Waals surface area contributed by atoms with Crippen molar-refractivity contribution in [1.29, 1.82) is 5.26 Å². The molecule has 3 nitrogen and oxygen atoms in total. The Morgan fingerprint density at radius 1 is 1.40 bits per heavy atom. The lowest BCUT2D eigenvalue weighted by Crippen LogP contribution is -2.49. The molecule has 0 heterocycles. The van der Waals surface area contributed by atoms with Crippen LogP contribution in [0.15, 0.2) is 18.2 Å². The zero-order valence-corrected chi connectivity index (χ0v) is 11.9. The fourth-order valence-electron chi connectivity index (χ4n) is 2.68. The fourth-order valence-corrected chi connectivity index (χ4v) is 2.68. The molecule has 0 bridgehead atoms. The van der Waals surface area contributed by atoms with Crippen LogP contribution in [0.25, 0.3) is 0 Å². The molecule has 0 aromatic heterocycles. The number of hydrogen-bond acceptors (Lipinski definition) is 2. The molecule has 0 aliphatic heterocycles. The van der Waals surface area contributed by atoms with Gasteiger partial charge in [-0.2, -0.15) is 5.26 Å². The van der Waals surface area contributed by atoms with Crippen LogP contribution in [-0.4, -0.2) is 11.4 Å². The molecule has 20 heavy (non-hydrogen) atoms. The highest BCUT2D eigenvalue weighted by Gasteiger charge is 2.35. The highest BCUT2D eigenvalue weighted by Crippen LogP contribution is 2.31. The van der Waals surface area contributed by atoms with Crippen LogP contribution in [-0.2, 0) is 0 Å². The average Bonchev–Trinajstić information content (AvgIpc) is 2.40. The summed E-state index contributed by atoms with van der Waals surface area (Å²) in [6.07, 6.45) is 3.17. The Bertz CT molecular complexity index is 534. The van der Waals surface area contributed by atoms with Crippen LogP contribution < -0.4 is 5.32 Å². The molecule has 4 heteroatoms. The molecule has 0 atom stereocenters. The quantitative estimate of drug-likeness (QED) is 0.899. The van der Waals surface area contributed by atoms with Crippen molar-refractivity contribution in [3.8, 4) is 6.07 Å². The van der Waals surface area contributed by atoms with Crippen LogP contribution in [0.3, 0.4) is 0 Å². The number of rotatable bonds is 2. The maximum Gasteiger partial charge on any atom is 0.252 e. The van der Waals surface area contributed by atoms with Gasteiger partial charge >= 0.3 is 0 Å². The Balaban J connectivity index is 2.16. The minimum absolute atomic E-state index is 0.274. The number of nitrogens with one attached hydrogen (secondary N) is 1. The number of nitrogens with zero attached hydrogens (tertiary/aromatic N) is 1.